The standard InChI is InChI=1S/C25H22N2O3S/c1-3-30-20-15-11-18(12-16-20)26-22-23(31-21-7-5-4-6-8-21)25(29)27(24(22)28)19-13-9-17(2)10-14-19/h4-16,26H,3H2,1-2H3. The van der Waals surface area contributed by atoms with E-state index in [9.17, 15) is 9.59 Å². The van der Waals surface area contributed by atoms with Gasteiger partial charge < -0.3 is 10.1 Å². The zero-order valence-corrected chi connectivity index (χ0v) is 18.1. The van der Waals surface area contributed by atoms with Crippen molar-refractivity contribution in [1.29, 1.82) is 0 Å². The highest BCUT2D eigenvalue weighted by molar-refractivity contribution is 8.04. The average molecular weight is 431 g/mol. The first-order chi connectivity index (χ1) is 15.1. The molecule has 0 aliphatic carbocycles. The number of hydrogen-bond donors (Lipinski definition) is 1. The summed E-state index contributed by atoms with van der Waals surface area (Å²) in [5.74, 6) is 0.0355. The number of hydrogen-bond acceptors (Lipinski definition) is 5. The molecular formula is C25H22N2O3S. The first-order valence-electron chi connectivity index (χ1n) is 9.99. The van der Waals surface area contributed by atoms with Crippen molar-refractivity contribution in [3.05, 3.63) is 95.0 Å². The number of anilines is 2. The lowest BCUT2D eigenvalue weighted by Crippen LogP contribution is -2.32. The van der Waals surface area contributed by atoms with Gasteiger partial charge in [-0.3, -0.25) is 9.59 Å². The van der Waals surface area contributed by atoms with Crippen molar-refractivity contribution in [3.8, 4) is 5.75 Å². The summed E-state index contributed by atoms with van der Waals surface area (Å²) >= 11 is 1.28. The Kier molecular flexibility index (Phi) is 6.09. The highest BCUT2D eigenvalue weighted by Crippen LogP contribution is 2.37. The maximum Gasteiger partial charge on any atom is 0.283 e. The van der Waals surface area contributed by atoms with Crippen LogP contribution in [0.15, 0.2) is 94.4 Å². The monoisotopic (exact) mass is 430 g/mol. The molecule has 4 rings (SSSR count). The second kappa shape index (κ2) is 9.10. The van der Waals surface area contributed by atoms with Crippen molar-refractivity contribution in [2.75, 3.05) is 16.8 Å². The predicted octanol–water partition coefficient (Wildman–Crippen LogP) is 5.38. The Morgan fingerprint density at radius 2 is 1.55 bits per heavy atom. The first-order valence-corrected chi connectivity index (χ1v) is 10.8. The van der Waals surface area contributed by atoms with Crippen molar-refractivity contribution in [2.45, 2.75) is 18.7 Å². The van der Waals surface area contributed by atoms with Gasteiger partial charge in [0.25, 0.3) is 11.8 Å². The molecule has 3 aromatic carbocycles. The first kappa shape index (κ1) is 20.8. The van der Waals surface area contributed by atoms with Gasteiger partial charge in [-0.05, 0) is 62.4 Å². The van der Waals surface area contributed by atoms with Gasteiger partial charge in [0.2, 0.25) is 0 Å². The minimum absolute atomic E-state index is 0.267. The van der Waals surface area contributed by atoms with Gasteiger partial charge in [0.05, 0.1) is 12.3 Å². The number of nitrogens with one attached hydrogen (secondary N) is 1. The molecule has 6 heteroatoms. The van der Waals surface area contributed by atoms with Gasteiger partial charge >= 0.3 is 0 Å². The molecular weight excluding hydrogens is 408 g/mol. The van der Waals surface area contributed by atoms with Crippen LogP contribution in [-0.4, -0.2) is 18.4 Å². The second-order valence-corrected chi connectivity index (χ2v) is 8.07. The zero-order valence-electron chi connectivity index (χ0n) is 17.3. The molecule has 5 nitrogen and oxygen atoms in total. The van der Waals surface area contributed by atoms with E-state index in [-0.39, 0.29) is 17.5 Å². The largest absolute Gasteiger partial charge is 0.494 e. The van der Waals surface area contributed by atoms with Crippen LogP contribution in [0.25, 0.3) is 0 Å². The van der Waals surface area contributed by atoms with Gasteiger partial charge in [0.1, 0.15) is 16.4 Å². The summed E-state index contributed by atoms with van der Waals surface area (Å²) in [6.07, 6.45) is 0. The lowest BCUT2D eigenvalue weighted by Gasteiger charge is -2.15. The van der Waals surface area contributed by atoms with Crippen LogP contribution in [0.3, 0.4) is 0 Å². The third kappa shape index (κ3) is 4.49. The van der Waals surface area contributed by atoms with Gasteiger partial charge in [0, 0.05) is 10.6 Å². The molecule has 0 aromatic heterocycles. The molecule has 0 spiro atoms. The van der Waals surface area contributed by atoms with Gasteiger partial charge in [-0.1, -0.05) is 47.7 Å². The van der Waals surface area contributed by atoms with Gasteiger partial charge in [-0.15, -0.1) is 0 Å². The van der Waals surface area contributed by atoms with E-state index in [1.807, 2.05) is 80.6 Å². The number of imide groups is 1. The van der Waals surface area contributed by atoms with E-state index in [1.54, 1.807) is 12.1 Å². The number of benzene rings is 3. The average Bonchev–Trinajstić information content (AvgIpc) is 3.01. The van der Waals surface area contributed by atoms with E-state index in [0.29, 0.717) is 22.9 Å². The summed E-state index contributed by atoms with van der Waals surface area (Å²) in [4.78, 5) is 29.1. The van der Waals surface area contributed by atoms with E-state index in [0.717, 1.165) is 16.2 Å². The Hall–Kier alpha value is -3.51. The third-order valence-electron chi connectivity index (χ3n) is 4.73. The molecule has 1 aliphatic rings. The molecule has 31 heavy (non-hydrogen) atoms. The molecule has 0 radical (unpaired) electrons. The molecule has 3 aromatic rings. The number of amides is 2. The zero-order chi connectivity index (χ0) is 21.8. The molecule has 1 aliphatic heterocycles. The lowest BCUT2D eigenvalue weighted by atomic mass is 10.2. The molecule has 0 unspecified atom stereocenters. The number of thioether (sulfide) groups is 1. The Morgan fingerprint density at radius 3 is 2.19 bits per heavy atom. The molecule has 2 amide bonds. The number of carbonyl (C=O) groups is 2. The molecule has 0 atom stereocenters. The summed E-state index contributed by atoms with van der Waals surface area (Å²) in [5, 5.41) is 3.16. The summed E-state index contributed by atoms with van der Waals surface area (Å²) in [6, 6.07) is 24.2. The van der Waals surface area contributed by atoms with Crippen LogP contribution in [0, 0.1) is 6.92 Å². The Balaban J connectivity index is 1.69. The molecule has 1 heterocycles. The summed E-state index contributed by atoms with van der Waals surface area (Å²) in [6.45, 7) is 4.46. The van der Waals surface area contributed by atoms with Crippen LogP contribution >= 0.6 is 11.8 Å². The molecule has 0 bridgehead atoms. The van der Waals surface area contributed by atoms with Crippen LogP contribution in [0.1, 0.15) is 12.5 Å². The lowest BCUT2D eigenvalue weighted by molar-refractivity contribution is -0.120. The Labute approximate surface area is 185 Å². The van der Waals surface area contributed by atoms with Crippen LogP contribution in [0.4, 0.5) is 11.4 Å². The molecule has 0 saturated heterocycles. The smallest absolute Gasteiger partial charge is 0.283 e. The molecule has 1 N–H and O–H groups in total. The fourth-order valence-corrected chi connectivity index (χ4v) is 4.14. The van der Waals surface area contributed by atoms with Crippen molar-refractivity contribution >= 4 is 35.0 Å². The maximum atomic E-state index is 13.3. The Bertz CT molecular complexity index is 1120. The number of aryl methyl sites for hydroxylation is 1. The normalized spacial score (nSPS) is 13.7. The SMILES string of the molecule is CCOc1ccc(NC2=C(Sc3ccccc3)C(=O)N(c3ccc(C)cc3)C2=O)cc1. The number of carbonyl (C=O) groups excluding carboxylic acids is 2. The summed E-state index contributed by atoms with van der Waals surface area (Å²) in [7, 11) is 0. The topological polar surface area (TPSA) is 58.6 Å². The Morgan fingerprint density at radius 1 is 0.871 bits per heavy atom. The number of rotatable bonds is 7. The fourth-order valence-electron chi connectivity index (χ4n) is 3.19. The van der Waals surface area contributed by atoms with E-state index in [2.05, 4.69) is 5.32 Å². The summed E-state index contributed by atoms with van der Waals surface area (Å²) < 4.78 is 5.48. The highest BCUT2D eigenvalue weighted by atomic mass is 32.2. The minimum atomic E-state index is -0.374. The minimum Gasteiger partial charge on any atom is -0.494 e. The van der Waals surface area contributed by atoms with Gasteiger partial charge in [0.15, 0.2) is 0 Å². The fraction of sp³-hybridized carbons (Fsp3) is 0.120. The van der Waals surface area contributed by atoms with Crippen molar-refractivity contribution in [2.24, 2.45) is 0 Å². The molecule has 0 fully saturated rings. The maximum absolute atomic E-state index is 13.3. The predicted molar refractivity (Wildman–Crippen MR) is 124 cm³/mol. The highest BCUT2D eigenvalue weighted by Gasteiger charge is 2.40. The van der Waals surface area contributed by atoms with E-state index in [1.165, 1.54) is 16.7 Å². The summed E-state index contributed by atoms with van der Waals surface area (Å²) in [5.41, 5.74) is 2.58. The van der Waals surface area contributed by atoms with Crippen LogP contribution in [0.2, 0.25) is 0 Å². The number of nitrogens with zero attached hydrogens (tertiary/aromatic N) is 1. The number of ether oxygens (including phenoxy) is 1. The van der Waals surface area contributed by atoms with Crippen LogP contribution in [-0.2, 0) is 9.59 Å². The third-order valence-corrected chi connectivity index (χ3v) is 5.82. The van der Waals surface area contributed by atoms with E-state index < -0.39 is 0 Å². The van der Waals surface area contributed by atoms with Crippen molar-refractivity contribution in [3.63, 3.8) is 0 Å². The molecule has 156 valence electrons. The van der Waals surface area contributed by atoms with Gasteiger partial charge in [-0.25, -0.2) is 4.90 Å². The van der Waals surface area contributed by atoms with E-state index in [4.69, 9.17) is 4.74 Å². The quantitative estimate of drug-likeness (QED) is 0.510. The van der Waals surface area contributed by atoms with Crippen LogP contribution < -0.4 is 15.0 Å². The molecule has 0 saturated carbocycles. The van der Waals surface area contributed by atoms with E-state index >= 15 is 0 Å². The van der Waals surface area contributed by atoms with Crippen LogP contribution in [0.5, 0.6) is 5.75 Å². The van der Waals surface area contributed by atoms with Crippen molar-refractivity contribution < 1.29 is 14.3 Å². The van der Waals surface area contributed by atoms with Crippen molar-refractivity contribution in [1.82, 2.24) is 0 Å². The van der Waals surface area contributed by atoms with Gasteiger partial charge in [-0.2, -0.15) is 0 Å². The second-order valence-electron chi connectivity index (χ2n) is 6.98.